The van der Waals surface area contributed by atoms with E-state index in [1.165, 1.54) is 0 Å². The minimum Gasteiger partial charge on any atom is -0.393 e. The lowest BCUT2D eigenvalue weighted by molar-refractivity contribution is 0.0447. The number of halogens is 1. The Kier molecular flexibility index (Phi) is 2.22. The molecule has 0 radical (unpaired) electrons. The molecule has 2 nitrogen and oxygen atoms in total. The number of rotatable bonds is 1. The van der Waals surface area contributed by atoms with Crippen molar-refractivity contribution < 1.29 is 5.11 Å². The number of aliphatic hydroxyl groups excluding tert-OH is 1. The Labute approximate surface area is 87.7 Å². The largest absolute Gasteiger partial charge is 0.393 e. The van der Waals surface area contributed by atoms with Gasteiger partial charge in [0.15, 0.2) is 0 Å². The van der Waals surface area contributed by atoms with Gasteiger partial charge in [0.25, 0.3) is 0 Å². The first-order chi connectivity index (χ1) is 6.66. The molecule has 1 aromatic carbocycles. The SMILES string of the molecule is N#C[C@]1(c2ccc(Cl)cc2)C[C@H](O)C1. The molecule has 0 amide bonds. The van der Waals surface area contributed by atoms with Gasteiger partial charge >= 0.3 is 0 Å². The van der Waals surface area contributed by atoms with E-state index in [2.05, 4.69) is 6.07 Å². The summed E-state index contributed by atoms with van der Waals surface area (Å²) in [6.45, 7) is 0. The lowest BCUT2D eigenvalue weighted by atomic mass is 9.64. The Morgan fingerprint density at radius 3 is 2.36 bits per heavy atom. The average Bonchev–Trinajstić information content (AvgIpc) is 2.14. The van der Waals surface area contributed by atoms with Gasteiger partial charge in [-0.25, -0.2) is 0 Å². The zero-order chi connectivity index (χ0) is 10.2. The van der Waals surface area contributed by atoms with Crippen molar-refractivity contribution in [2.45, 2.75) is 24.4 Å². The van der Waals surface area contributed by atoms with Gasteiger partial charge in [0.2, 0.25) is 0 Å². The molecular formula is C11H10ClNO. The standard InChI is InChI=1S/C11H10ClNO/c12-9-3-1-8(2-4-9)11(7-13)5-10(14)6-11/h1-4,10,14H,5-6H2/t10-,11-. The van der Waals surface area contributed by atoms with Crippen LogP contribution in [0.3, 0.4) is 0 Å². The van der Waals surface area contributed by atoms with Crippen LogP contribution in [0, 0.1) is 11.3 Å². The third kappa shape index (κ3) is 1.39. The van der Waals surface area contributed by atoms with Crippen LogP contribution in [0.15, 0.2) is 24.3 Å². The summed E-state index contributed by atoms with van der Waals surface area (Å²) in [7, 11) is 0. The highest BCUT2D eigenvalue weighted by molar-refractivity contribution is 6.30. The van der Waals surface area contributed by atoms with Crippen molar-refractivity contribution >= 4 is 11.6 Å². The van der Waals surface area contributed by atoms with Crippen molar-refractivity contribution in [2.24, 2.45) is 0 Å². The Bertz CT molecular complexity index is 373. The molecule has 72 valence electrons. The van der Waals surface area contributed by atoms with Crippen LogP contribution in [-0.2, 0) is 5.41 Å². The highest BCUT2D eigenvalue weighted by Crippen LogP contribution is 2.43. The molecule has 1 aliphatic rings. The maximum absolute atomic E-state index is 9.25. The lowest BCUT2D eigenvalue weighted by Gasteiger charge is -2.40. The quantitative estimate of drug-likeness (QED) is 0.768. The fourth-order valence-electron chi connectivity index (χ4n) is 1.91. The van der Waals surface area contributed by atoms with Crippen molar-refractivity contribution in [1.29, 1.82) is 5.26 Å². The van der Waals surface area contributed by atoms with E-state index < -0.39 is 5.41 Å². The van der Waals surface area contributed by atoms with E-state index in [4.69, 9.17) is 16.9 Å². The highest BCUT2D eigenvalue weighted by Gasteiger charge is 2.45. The molecule has 0 bridgehead atoms. The number of nitrogens with zero attached hydrogens (tertiary/aromatic N) is 1. The van der Waals surface area contributed by atoms with Gasteiger partial charge < -0.3 is 5.11 Å². The fourth-order valence-corrected chi connectivity index (χ4v) is 2.03. The topological polar surface area (TPSA) is 44.0 Å². The molecule has 1 aromatic rings. The number of benzene rings is 1. The van der Waals surface area contributed by atoms with Crippen molar-refractivity contribution in [1.82, 2.24) is 0 Å². The van der Waals surface area contributed by atoms with Crippen LogP contribution in [0.1, 0.15) is 18.4 Å². The molecule has 0 saturated heterocycles. The summed E-state index contributed by atoms with van der Waals surface area (Å²) in [5.74, 6) is 0. The summed E-state index contributed by atoms with van der Waals surface area (Å²) in [5, 5.41) is 19.0. The number of nitriles is 1. The van der Waals surface area contributed by atoms with Crippen molar-refractivity contribution in [3.05, 3.63) is 34.9 Å². The van der Waals surface area contributed by atoms with Crippen LogP contribution >= 0.6 is 11.6 Å². The molecule has 0 atom stereocenters. The number of hydrogen-bond donors (Lipinski definition) is 1. The first kappa shape index (κ1) is 9.51. The molecule has 3 heteroatoms. The van der Waals surface area contributed by atoms with Gasteiger partial charge in [0.1, 0.15) is 0 Å². The van der Waals surface area contributed by atoms with Gasteiger partial charge in [-0.2, -0.15) is 5.26 Å². The lowest BCUT2D eigenvalue weighted by Crippen LogP contribution is -2.43. The van der Waals surface area contributed by atoms with E-state index in [1.54, 1.807) is 12.1 Å². The molecule has 0 aromatic heterocycles. The van der Waals surface area contributed by atoms with Crippen LogP contribution in [0.5, 0.6) is 0 Å². The minimum atomic E-state index is -0.482. The summed E-state index contributed by atoms with van der Waals surface area (Å²) in [6.07, 6.45) is 0.737. The maximum atomic E-state index is 9.25. The van der Waals surface area contributed by atoms with Crippen molar-refractivity contribution in [3.63, 3.8) is 0 Å². The minimum absolute atomic E-state index is 0.328. The molecule has 0 spiro atoms. The van der Waals surface area contributed by atoms with E-state index in [9.17, 15) is 5.11 Å². The van der Waals surface area contributed by atoms with Crippen LogP contribution < -0.4 is 0 Å². The Morgan fingerprint density at radius 2 is 1.93 bits per heavy atom. The van der Waals surface area contributed by atoms with Crippen LogP contribution in [0.4, 0.5) is 0 Å². The molecule has 0 unspecified atom stereocenters. The summed E-state index contributed by atoms with van der Waals surface area (Å²) in [5.41, 5.74) is 0.471. The molecule has 1 saturated carbocycles. The predicted molar refractivity (Wildman–Crippen MR) is 54.0 cm³/mol. The molecule has 2 rings (SSSR count). The second-order valence-electron chi connectivity index (χ2n) is 3.76. The maximum Gasteiger partial charge on any atom is 0.0871 e. The molecule has 1 aliphatic carbocycles. The number of hydrogen-bond acceptors (Lipinski definition) is 2. The van der Waals surface area contributed by atoms with E-state index >= 15 is 0 Å². The van der Waals surface area contributed by atoms with Gasteiger partial charge in [-0.15, -0.1) is 0 Å². The number of aliphatic hydroxyl groups is 1. The highest BCUT2D eigenvalue weighted by atomic mass is 35.5. The summed E-state index contributed by atoms with van der Waals surface area (Å²) in [4.78, 5) is 0. The Morgan fingerprint density at radius 1 is 1.36 bits per heavy atom. The second kappa shape index (κ2) is 3.27. The smallest absolute Gasteiger partial charge is 0.0871 e. The van der Waals surface area contributed by atoms with Crippen molar-refractivity contribution in [2.75, 3.05) is 0 Å². The van der Waals surface area contributed by atoms with E-state index in [0.717, 1.165) is 5.56 Å². The summed E-state index contributed by atoms with van der Waals surface area (Å²) in [6, 6.07) is 9.55. The zero-order valence-corrected chi connectivity index (χ0v) is 8.33. The molecular weight excluding hydrogens is 198 g/mol. The summed E-state index contributed by atoms with van der Waals surface area (Å²) < 4.78 is 0. The Hall–Kier alpha value is -1.04. The van der Waals surface area contributed by atoms with Crippen LogP contribution in [-0.4, -0.2) is 11.2 Å². The average molecular weight is 208 g/mol. The predicted octanol–water partition coefficient (Wildman–Crippen LogP) is 2.26. The molecule has 0 heterocycles. The van der Waals surface area contributed by atoms with E-state index in [0.29, 0.717) is 17.9 Å². The van der Waals surface area contributed by atoms with Crippen LogP contribution in [0.2, 0.25) is 5.02 Å². The fraction of sp³-hybridized carbons (Fsp3) is 0.364. The molecule has 1 N–H and O–H groups in total. The first-order valence-corrected chi connectivity index (χ1v) is 4.89. The third-order valence-electron chi connectivity index (χ3n) is 2.78. The second-order valence-corrected chi connectivity index (χ2v) is 4.20. The molecule has 0 aliphatic heterocycles. The van der Waals surface area contributed by atoms with Gasteiger partial charge in [0, 0.05) is 5.02 Å². The zero-order valence-electron chi connectivity index (χ0n) is 7.57. The first-order valence-electron chi connectivity index (χ1n) is 4.52. The van der Waals surface area contributed by atoms with E-state index in [1.807, 2.05) is 12.1 Å². The van der Waals surface area contributed by atoms with Gasteiger partial charge in [-0.05, 0) is 30.5 Å². The third-order valence-corrected chi connectivity index (χ3v) is 3.03. The van der Waals surface area contributed by atoms with Gasteiger partial charge in [0.05, 0.1) is 17.6 Å². The van der Waals surface area contributed by atoms with E-state index in [-0.39, 0.29) is 6.10 Å². The molecule has 1 fully saturated rings. The normalized spacial score (nSPS) is 30.5. The summed E-state index contributed by atoms with van der Waals surface area (Å²) >= 11 is 5.76. The van der Waals surface area contributed by atoms with Gasteiger partial charge in [-0.3, -0.25) is 0 Å². The Balaban J connectivity index is 2.31. The monoisotopic (exact) mass is 207 g/mol. The van der Waals surface area contributed by atoms with Crippen molar-refractivity contribution in [3.8, 4) is 6.07 Å². The van der Waals surface area contributed by atoms with Crippen LogP contribution in [0.25, 0.3) is 0 Å². The van der Waals surface area contributed by atoms with Gasteiger partial charge in [-0.1, -0.05) is 23.7 Å². The molecule has 14 heavy (non-hydrogen) atoms.